The topological polar surface area (TPSA) is 68.6 Å². The molecule has 1 aromatic carbocycles. The van der Waals surface area contributed by atoms with Crippen molar-refractivity contribution in [3.8, 4) is 6.07 Å². The molecule has 0 radical (unpaired) electrons. The fourth-order valence-electron chi connectivity index (χ4n) is 3.47. The SMILES string of the molecule is CC1CN(c2ccc(NC(=O)N3CCC(C#N)C3)cc2F)CC(C)O1. The van der Waals surface area contributed by atoms with Gasteiger partial charge in [0.05, 0.1) is 29.9 Å². The average molecular weight is 346 g/mol. The standard InChI is InChI=1S/C18H23FN4O2/c1-12-9-23(10-13(2)25-12)17-4-3-15(7-16(17)19)21-18(24)22-6-5-14(8-20)11-22/h3-4,7,12-14H,5-6,9-11H2,1-2H3,(H,21,24). The van der Waals surface area contributed by atoms with Crippen molar-refractivity contribution in [3.05, 3.63) is 24.0 Å². The van der Waals surface area contributed by atoms with E-state index in [-0.39, 0.29) is 30.0 Å². The number of carbonyl (C=O) groups is 1. The number of nitrogens with zero attached hydrogens (tertiary/aromatic N) is 3. The molecule has 3 unspecified atom stereocenters. The average Bonchev–Trinajstić information content (AvgIpc) is 3.03. The highest BCUT2D eigenvalue weighted by Gasteiger charge is 2.27. The maximum absolute atomic E-state index is 14.5. The molecule has 3 atom stereocenters. The number of nitriles is 1. The smallest absolute Gasteiger partial charge is 0.321 e. The van der Waals surface area contributed by atoms with Gasteiger partial charge in [0, 0.05) is 31.9 Å². The van der Waals surface area contributed by atoms with Gasteiger partial charge < -0.3 is 19.9 Å². The monoisotopic (exact) mass is 346 g/mol. The van der Waals surface area contributed by atoms with Crippen LogP contribution in [0.15, 0.2) is 18.2 Å². The second-order valence-corrected chi connectivity index (χ2v) is 6.82. The Labute approximate surface area is 147 Å². The third kappa shape index (κ3) is 4.02. The molecule has 6 nitrogen and oxygen atoms in total. The number of carbonyl (C=O) groups excluding carboxylic acids is 1. The van der Waals surface area contributed by atoms with Crippen molar-refractivity contribution in [2.24, 2.45) is 5.92 Å². The molecule has 2 aliphatic heterocycles. The van der Waals surface area contributed by atoms with E-state index in [0.29, 0.717) is 44.0 Å². The highest BCUT2D eigenvalue weighted by molar-refractivity contribution is 5.89. The molecule has 0 aliphatic carbocycles. The van der Waals surface area contributed by atoms with E-state index in [2.05, 4.69) is 11.4 Å². The van der Waals surface area contributed by atoms with Crippen molar-refractivity contribution in [1.29, 1.82) is 5.26 Å². The van der Waals surface area contributed by atoms with Crippen molar-refractivity contribution >= 4 is 17.4 Å². The Kier molecular flexibility index (Phi) is 5.09. The minimum Gasteiger partial charge on any atom is -0.372 e. The predicted molar refractivity (Wildman–Crippen MR) is 92.9 cm³/mol. The second kappa shape index (κ2) is 7.28. The molecule has 25 heavy (non-hydrogen) atoms. The molecule has 2 fully saturated rings. The first-order valence-electron chi connectivity index (χ1n) is 8.61. The molecule has 2 heterocycles. The van der Waals surface area contributed by atoms with Crippen LogP contribution in [0.3, 0.4) is 0 Å². The minimum atomic E-state index is -0.365. The molecular weight excluding hydrogens is 323 g/mol. The van der Waals surface area contributed by atoms with Crippen LogP contribution in [0, 0.1) is 23.1 Å². The van der Waals surface area contributed by atoms with E-state index in [9.17, 15) is 9.18 Å². The van der Waals surface area contributed by atoms with Gasteiger partial charge in [-0.05, 0) is 38.5 Å². The summed E-state index contributed by atoms with van der Waals surface area (Å²) in [5.74, 6) is -0.481. The van der Waals surface area contributed by atoms with E-state index in [1.54, 1.807) is 17.0 Å². The lowest BCUT2D eigenvalue weighted by Crippen LogP contribution is -2.45. The van der Waals surface area contributed by atoms with Crippen LogP contribution in [0.5, 0.6) is 0 Å². The van der Waals surface area contributed by atoms with Crippen LogP contribution in [0.2, 0.25) is 0 Å². The van der Waals surface area contributed by atoms with Gasteiger partial charge in [-0.1, -0.05) is 0 Å². The van der Waals surface area contributed by atoms with Gasteiger partial charge in [-0.3, -0.25) is 0 Å². The van der Waals surface area contributed by atoms with Crippen molar-refractivity contribution in [3.63, 3.8) is 0 Å². The van der Waals surface area contributed by atoms with Crippen LogP contribution in [0.1, 0.15) is 20.3 Å². The fraction of sp³-hybridized carbons (Fsp3) is 0.556. The first-order valence-corrected chi connectivity index (χ1v) is 8.61. The zero-order chi connectivity index (χ0) is 18.0. The lowest BCUT2D eigenvalue weighted by Gasteiger charge is -2.37. The summed E-state index contributed by atoms with van der Waals surface area (Å²) in [5.41, 5.74) is 0.937. The maximum atomic E-state index is 14.5. The van der Waals surface area contributed by atoms with Crippen molar-refractivity contribution in [2.75, 3.05) is 36.4 Å². The Morgan fingerprint density at radius 3 is 2.64 bits per heavy atom. The molecule has 0 spiro atoms. The van der Waals surface area contributed by atoms with Crippen molar-refractivity contribution in [1.82, 2.24) is 4.90 Å². The van der Waals surface area contributed by atoms with Gasteiger partial charge in [0.2, 0.25) is 0 Å². The molecule has 2 saturated heterocycles. The van der Waals surface area contributed by atoms with Crippen LogP contribution in [-0.4, -0.2) is 49.3 Å². The van der Waals surface area contributed by atoms with Crippen molar-refractivity contribution in [2.45, 2.75) is 32.5 Å². The summed E-state index contributed by atoms with van der Waals surface area (Å²) < 4.78 is 20.2. The third-order valence-corrected chi connectivity index (χ3v) is 4.62. The molecular formula is C18H23FN4O2. The van der Waals surface area contributed by atoms with Crippen LogP contribution < -0.4 is 10.2 Å². The number of anilines is 2. The molecule has 7 heteroatoms. The number of nitrogens with one attached hydrogen (secondary N) is 1. The van der Waals surface area contributed by atoms with Crippen LogP contribution in [-0.2, 0) is 4.74 Å². The Morgan fingerprint density at radius 2 is 2.04 bits per heavy atom. The molecule has 1 N–H and O–H groups in total. The van der Waals surface area contributed by atoms with Crippen LogP contribution in [0.25, 0.3) is 0 Å². The fourth-order valence-corrected chi connectivity index (χ4v) is 3.47. The summed E-state index contributed by atoms with van der Waals surface area (Å²) in [6.07, 6.45) is 0.779. The zero-order valence-corrected chi connectivity index (χ0v) is 14.5. The first-order chi connectivity index (χ1) is 12.0. The van der Waals surface area contributed by atoms with Gasteiger partial charge >= 0.3 is 6.03 Å². The van der Waals surface area contributed by atoms with Gasteiger partial charge in [-0.2, -0.15) is 5.26 Å². The van der Waals surface area contributed by atoms with E-state index in [1.807, 2.05) is 18.7 Å². The Bertz CT molecular complexity index is 680. The molecule has 2 aliphatic rings. The summed E-state index contributed by atoms with van der Waals surface area (Å²) in [6.45, 7) is 6.19. The Balaban J connectivity index is 1.66. The minimum absolute atomic E-state index is 0.0470. The lowest BCUT2D eigenvalue weighted by atomic mass is 10.1. The number of urea groups is 1. The highest BCUT2D eigenvalue weighted by Crippen LogP contribution is 2.26. The van der Waals surface area contributed by atoms with Crippen molar-refractivity contribution < 1.29 is 13.9 Å². The third-order valence-electron chi connectivity index (χ3n) is 4.62. The van der Waals surface area contributed by atoms with Gasteiger partial charge in [-0.25, -0.2) is 9.18 Å². The number of morpholine rings is 1. The molecule has 3 rings (SSSR count). The van der Waals surface area contributed by atoms with E-state index in [1.165, 1.54) is 6.07 Å². The van der Waals surface area contributed by atoms with Crippen LogP contribution >= 0.6 is 0 Å². The molecule has 2 amide bonds. The first kappa shape index (κ1) is 17.5. The van der Waals surface area contributed by atoms with E-state index < -0.39 is 0 Å². The Hall–Kier alpha value is -2.33. The zero-order valence-electron chi connectivity index (χ0n) is 14.5. The van der Waals surface area contributed by atoms with Gasteiger partial charge in [0.25, 0.3) is 0 Å². The number of hydrogen-bond donors (Lipinski definition) is 1. The normalized spacial score (nSPS) is 26.4. The highest BCUT2D eigenvalue weighted by atomic mass is 19.1. The maximum Gasteiger partial charge on any atom is 0.321 e. The molecule has 0 saturated carbocycles. The lowest BCUT2D eigenvalue weighted by molar-refractivity contribution is -0.00539. The van der Waals surface area contributed by atoms with Gasteiger partial charge in [0.1, 0.15) is 5.82 Å². The molecule has 0 bridgehead atoms. The molecule has 134 valence electrons. The van der Waals surface area contributed by atoms with Crippen LogP contribution in [0.4, 0.5) is 20.6 Å². The Morgan fingerprint density at radius 1 is 1.32 bits per heavy atom. The largest absolute Gasteiger partial charge is 0.372 e. The summed E-state index contributed by atoms with van der Waals surface area (Å²) >= 11 is 0. The quantitative estimate of drug-likeness (QED) is 0.894. The number of rotatable bonds is 2. The predicted octanol–water partition coefficient (Wildman–Crippen LogP) is 2.82. The van der Waals surface area contributed by atoms with E-state index in [4.69, 9.17) is 10.00 Å². The van der Waals surface area contributed by atoms with Gasteiger partial charge in [0.15, 0.2) is 0 Å². The number of benzene rings is 1. The molecule has 0 aromatic heterocycles. The number of hydrogen-bond acceptors (Lipinski definition) is 4. The molecule has 1 aromatic rings. The summed E-state index contributed by atoms with van der Waals surface area (Å²) in [4.78, 5) is 15.8. The number of likely N-dealkylation sites (tertiary alicyclic amines) is 1. The second-order valence-electron chi connectivity index (χ2n) is 6.82. The van der Waals surface area contributed by atoms with E-state index >= 15 is 0 Å². The number of ether oxygens (including phenoxy) is 1. The summed E-state index contributed by atoms with van der Waals surface area (Å²) in [6, 6.07) is 6.62. The number of halogens is 1. The van der Waals surface area contributed by atoms with Gasteiger partial charge in [-0.15, -0.1) is 0 Å². The number of amides is 2. The summed E-state index contributed by atoms with van der Waals surface area (Å²) in [5, 5.41) is 11.6. The summed E-state index contributed by atoms with van der Waals surface area (Å²) in [7, 11) is 0. The van der Waals surface area contributed by atoms with E-state index in [0.717, 1.165) is 0 Å².